The molecule has 2 heterocycles. The fraction of sp³-hybridized carbons (Fsp3) is 0.467. The molecule has 112 valence electrons. The van der Waals surface area contributed by atoms with Gasteiger partial charge in [-0.1, -0.05) is 13.8 Å². The minimum absolute atomic E-state index is 0.0331. The number of pyridine rings is 1. The smallest absolute Gasteiger partial charge is 0.260 e. The number of hydrogen-bond donors (Lipinski definition) is 2. The van der Waals surface area contributed by atoms with Crippen molar-refractivity contribution in [3.8, 4) is 0 Å². The van der Waals surface area contributed by atoms with E-state index in [0.717, 1.165) is 28.9 Å². The topological polar surface area (TPSA) is 85.2 Å². The zero-order valence-corrected chi connectivity index (χ0v) is 13.6. The predicted octanol–water partition coefficient (Wildman–Crippen LogP) is 2.27. The molecule has 4 N–H and O–H groups in total. The Morgan fingerprint density at radius 1 is 1.38 bits per heavy atom. The number of fused-ring (bicyclic) bond motifs is 3. The number of hydrogen-bond acceptors (Lipinski definition) is 5. The number of thiophene rings is 1. The highest BCUT2D eigenvalue weighted by atomic mass is 32.1. The number of carbonyl (C=O) groups is 1. The van der Waals surface area contributed by atoms with Crippen molar-refractivity contribution in [2.45, 2.75) is 32.1 Å². The summed E-state index contributed by atoms with van der Waals surface area (Å²) in [6, 6.07) is 0. The summed E-state index contributed by atoms with van der Waals surface area (Å²) >= 11 is 1.29. The van der Waals surface area contributed by atoms with Crippen molar-refractivity contribution < 1.29 is 4.79 Å². The van der Waals surface area contributed by atoms with Gasteiger partial charge in [-0.3, -0.25) is 4.79 Å². The van der Waals surface area contributed by atoms with Crippen molar-refractivity contribution in [1.29, 1.82) is 0 Å². The molecule has 1 aliphatic carbocycles. The number of nitrogen functional groups attached to an aromatic ring is 1. The highest BCUT2D eigenvalue weighted by molar-refractivity contribution is 7.21. The van der Waals surface area contributed by atoms with Crippen LogP contribution < -0.4 is 16.4 Å². The Morgan fingerprint density at radius 3 is 2.62 bits per heavy atom. The first-order valence-corrected chi connectivity index (χ1v) is 7.78. The monoisotopic (exact) mass is 304 g/mol. The number of nitrogens with zero attached hydrogens (tertiary/aromatic N) is 2. The second-order valence-corrected chi connectivity index (χ2v) is 7.46. The molecule has 6 heteroatoms. The molecule has 1 amide bonds. The molecule has 0 bridgehead atoms. The summed E-state index contributed by atoms with van der Waals surface area (Å²) in [5.74, 6) is 0.492. The van der Waals surface area contributed by atoms with Gasteiger partial charge in [0.2, 0.25) is 0 Å². The van der Waals surface area contributed by atoms with Crippen molar-refractivity contribution in [2.24, 2.45) is 5.73 Å². The van der Waals surface area contributed by atoms with E-state index in [1.54, 1.807) is 0 Å². The predicted molar refractivity (Wildman–Crippen MR) is 88.2 cm³/mol. The summed E-state index contributed by atoms with van der Waals surface area (Å²) in [6.07, 6.45) is 2.05. The minimum atomic E-state index is -0.480. The third-order valence-electron chi connectivity index (χ3n) is 4.28. The number of nitrogens with two attached hydrogens (primary N) is 2. The number of aromatic nitrogens is 1. The van der Waals surface area contributed by atoms with Gasteiger partial charge < -0.3 is 16.4 Å². The molecule has 0 saturated carbocycles. The van der Waals surface area contributed by atoms with Crippen LogP contribution >= 0.6 is 11.3 Å². The maximum Gasteiger partial charge on any atom is 0.260 e. The Bertz CT molecular complexity index is 761. The average Bonchev–Trinajstić information content (AvgIpc) is 2.87. The Morgan fingerprint density at radius 2 is 2.05 bits per heavy atom. The Hall–Kier alpha value is -1.82. The number of rotatable bonds is 2. The molecule has 3 rings (SSSR count). The molecular weight excluding hydrogens is 284 g/mol. The molecular formula is C15H20N4OS. The first-order chi connectivity index (χ1) is 9.74. The maximum absolute atomic E-state index is 11.6. The van der Waals surface area contributed by atoms with E-state index in [4.69, 9.17) is 16.5 Å². The normalized spacial score (nSPS) is 16.2. The fourth-order valence-electron chi connectivity index (χ4n) is 3.28. The van der Waals surface area contributed by atoms with E-state index in [1.807, 2.05) is 19.0 Å². The lowest BCUT2D eigenvalue weighted by Crippen LogP contribution is -2.16. The molecule has 0 unspecified atom stereocenters. The second kappa shape index (κ2) is 4.34. The third kappa shape index (κ3) is 1.89. The Balaban J connectivity index is 2.47. The molecule has 0 aromatic carbocycles. The third-order valence-corrected chi connectivity index (χ3v) is 5.39. The minimum Gasteiger partial charge on any atom is -0.397 e. The first-order valence-electron chi connectivity index (χ1n) is 6.96. The lowest BCUT2D eigenvalue weighted by atomic mass is 9.85. The number of primary amides is 1. The van der Waals surface area contributed by atoms with Gasteiger partial charge >= 0.3 is 0 Å². The molecule has 0 spiro atoms. The average molecular weight is 304 g/mol. The summed E-state index contributed by atoms with van der Waals surface area (Å²) < 4.78 is 0. The standard InChI is InChI=1S/C15H20N4OS/c1-15(2)6-5-7-9(15)8-10(16)11(12(17)20)21-14(8)18-13(7)19(3)4/h5-6,16H2,1-4H3,(H2,17,20). The van der Waals surface area contributed by atoms with Crippen LogP contribution in [0.4, 0.5) is 11.5 Å². The summed E-state index contributed by atoms with van der Waals surface area (Å²) in [5, 5.41) is 0.928. The van der Waals surface area contributed by atoms with Crippen LogP contribution in [-0.2, 0) is 11.8 Å². The molecule has 2 aromatic rings. The molecule has 0 radical (unpaired) electrons. The quantitative estimate of drug-likeness (QED) is 0.891. The van der Waals surface area contributed by atoms with Crippen LogP contribution in [0.1, 0.15) is 41.1 Å². The van der Waals surface area contributed by atoms with Crippen LogP contribution in [0.3, 0.4) is 0 Å². The molecule has 0 aliphatic heterocycles. The van der Waals surface area contributed by atoms with E-state index in [-0.39, 0.29) is 5.41 Å². The van der Waals surface area contributed by atoms with Gasteiger partial charge in [0.15, 0.2) is 0 Å². The van der Waals surface area contributed by atoms with Crippen molar-refractivity contribution in [1.82, 2.24) is 4.98 Å². The molecule has 21 heavy (non-hydrogen) atoms. The van der Waals surface area contributed by atoms with Crippen LogP contribution in [0.25, 0.3) is 10.2 Å². The molecule has 1 aliphatic rings. The van der Waals surface area contributed by atoms with Crippen LogP contribution in [0.5, 0.6) is 0 Å². The van der Waals surface area contributed by atoms with E-state index in [2.05, 4.69) is 13.8 Å². The van der Waals surface area contributed by atoms with Crippen molar-refractivity contribution in [3.05, 3.63) is 16.0 Å². The van der Waals surface area contributed by atoms with Crippen LogP contribution in [0.2, 0.25) is 0 Å². The van der Waals surface area contributed by atoms with E-state index in [0.29, 0.717) is 10.6 Å². The first kappa shape index (κ1) is 14.1. The van der Waals surface area contributed by atoms with Crippen LogP contribution in [0.15, 0.2) is 0 Å². The van der Waals surface area contributed by atoms with Gasteiger partial charge in [0.25, 0.3) is 5.91 Å². The second-order valence-electron chi connectivity index (χ2n) is 6.46. The van der Waals surface area contributed by atoms with E-state index in [9.17, 15) is 4.79 Å². The van der Waals surface area contributed by atoms with E-state index < -0.39 is 5.91 Å². The molecule has 2 aromatic heterocycles. The largest absolute Gasteiger partial charge is 0.397 e. The summed E-state index contributed by atoms with van der Waals surface area (Å²) in [7, 11) is 3.98. The van der Waals surface area contributed by atoms with Gasteiger partial charge in [0.1, 0.15) is 15.5 Å². The Kier molecular flexibility index (Phi) is 2.92. The Labute approximate surface area is 127 Å². The number of amides is 1. The van der Waals surface area contributed by atoms with Gasteiger partial charge in [0.05, 0.1) is 5.69 Å². The summed E-state index contributed by atoms with van der Waals surface area (Å²) in [5.41, 5.74) is 14.7. The van der Waals surface area contributed by atoms with E-state index in [1.165, 1.54) is 22.5 Å². The fourth-order valence-corrected chi connectivity index (χ4v) is 4.23. The van der Waals surface area contributed by atoms with Gasteiger partial charge in [-0.25, -0.2) is 4.98 Å². The molecule has 0 saturated heterocycles. The lowest BCUT2D eigenvalue weighted by Gasteiger charge is -2.22. The molecule has 0 fully saturated rings. The maximum atomic E-state index is 11.6. The summed E-state index contributed by atoms with van der Waals surface area (Å²) in [4.78, 5) is 19.6. The van der Waals surface area contributed by atoms with Gasteiger partial charge in [-0.15, -0.1) is 11.3 Å². The van der Waals surface area contributed by atoms with Crippen molar-refractivity contribution in [2.75, 3.05) is 24.7 Å². The van der Waals surface area contributed by atoms with Gasteiger partial charge in [-0.05, 0) is 29.4 Å². The molecule has 5 nitrogen and oxygen atoms in total. The number of anilines is 2. The van der Waals surface area contributed by atoms with Crippen molar-refractivity contribution in [3.63, 3.8) is 0 Å². The highest BCUT2D eigenvalue weighted by Crippen LogP contribution is 2.49. The van der Waals surface area contributed by atoms with Gasteiger partial charge in [0, 0.05) is 19.5 Å². The van der Waals surface area contributed by atoms with E-state index >= 15 is 0 Å². The number of carbonyl (C=O) groups excluding carboxylic acids is 1. The zero-order chi connectivity index (χ0) is 15.5. The SMILES string of the molecule is CN(C)c1nc2sc(C(N)=O)c(N)c2c2c1CCC2(C)C. The van der Waals surface area contributed by atoms with Crippen LogP contribution in [0, 0.1) is 0 Å². The lowest BCUT2D eigenvalue weighted by molar-refractivity contribution is 0.100. The van der Waals surface area contributed by atoms with Crippen LogP contribution in [-0.4, -0.2) is 25.0 Å². The highest BCUT2D eigenvalue weighted by Gasteiger charge is 2.36. The van der Waals surface area contributed by atoms with Gasteiger partial charge in [-0.2, -0.15) is 0 Å². The molecule has 0 atom stereocenters. The van der Waals surface area contributed by atoms with Crippen molar-refractivity contribution >= 4 is 39.0 Å². The zero-order valence-electron chi connectivity index (χ0n) is 12.8. The summed E-state index contributed by atoms with van der Waals surface area (Å²) in [6.45, 7) is 4.44.